The maximum Gasteiger partial charge on any atom is 0.234 e. The van der Waals surface area contributed by atoms with Crippen molar-refractivity contribution >= 4 is 5.91 Å². The molecule has 1 aromatic heterocycles. The van der Waals surface area contributed by atoms with Crippen LogP contribution in [-0.2, 0) is 16.1 Å². The number of carbonyl (C=O) groups is 1. The molecule has 2 rings (SSSR count). The molecule has 0 unspecified atom stereocenters. The zero-order valence-electron chi connectivity index (χ0n) is 12.1. The number of nitrogens with zero attached hydrogens (tertiary/aromatic N) is 2. The summed E-state index contributed by atoms with van der Waals surface area (Å²) < 4.78 is 6.68. The van der Waals surface area contributed by atoms with Gasteiger partial charge in [-0.1, -0.05) is 18.2 Å². The number of aromatic nitrogens is 2. The quantitative estimate of drug-likeness (QED) is 0.703. The molecular weight excluding hydrogens is 268 g/mol. The molecular formula is C15H20N4O2. The monoisotopic (exact) mass is 288 g/mol. The molecule has 0 aliphatic heterocycles. The summed E-state index contributed by atoms with van der Waals surface area (Å²) in [5, 5.41) is 10.3. The van der Waals surface area contributed by atoms with E-state index in [4.69, 9.17) is 4.74 Å². The molecule has 2 aromatic rings. The summed E-state index contributed by atoms with van der Waals surface area (Å²) in [5.41, 5.74) is 1.91. The van der Waals surface area contributed by atoms with Crippen molar-refractivity contribution in [3.05, 3.63) is 48.3 Å². The van der Waals surface area contributed by atoms with Crippen LogP contribution in [0.2, 0.25) is 0 Å². The molecule has 1 amide bonds. The van der Waals surface area contributed by atoms with Gasteiger partial charge in [-0.25, -0.2) is 4.68 Å². The highest BCUT2D eigenvalue weighted by molar-refractivity contribution is 5.77. The van der Waals surface area contributed by atoms with Gasteiger partial charge >= 0.3 is 0 Å². The first-order chi connectivity index (χ1) is 10.3. The van der Waals surface area contributed by atoms with E-state index in [1.165, 1.54) is 0 Å². The third-order valence-corrected chi connectivity index (χ3v) is 2.89. The van der Waals surface area contributed by atoms with Crippen LogP contribution < -0.4 is 10.6 Å². The number of amides is 1. The van der Waals surface area contributed by atoms with Crippen LogP contribution >= 0.6 is 0 Å². The Balaban J connectivity index is 1.75. The first kappa shape index (κ1) is 15.2. The molecule has 0 saturated heterocycles. The van der Waals surface area contributed by atoms with Gasteiger partial charge in [0.1, 0.15) is 0 Å². The second kappa shape index (κ2) is 8.18. The van der Waals surface area contributed by atoms with Gasteiger partial charge in [0.05, 0.1) is 24.5 Å². The first-order valence-electron chi connectivity index (χ1n) is 6.86. The van der Waals surface area contributed by atoms with Crippen molar-refractivity contribution < 1.29 is 9.53 Å². The molecule has 0 atom stereocenters. The Labute approximate surface area is 124 Å². The van der Waals surface area contributed by atoms with E-state index in [9.17, 15) is 4.79 Å². The lowest BCUT2D eigenvalue weighted by Gasteiger charge is -2.05. The first-order valence-corrected chi connectivity index (χ1v) is 6.86. The number of carbonyl (C=O) groups excluding carboxylic acids is 1. The smallest absolute Gasteiger partial charge is 0.234 e. The molecule has 0 aliphatic rings. The highest BCUT2D eigenvalue weighted by atomic mass is 16.5. The number of ether oxygens (including phenoxy) is 1. The third kappa shape index (κ3) is 5.02. The number of hydrogen-bond acceptors (Lipinski definition) is 4. The molecule has 1 heterocycles. The molecule has 0 radical (unpaired) electrons. The molecule has 0 bridgehead atoms. The summed E-state index contributed by atoms with van der Waals surface area (Å²) in [5.74, 6) is -0.0467. The van der Waals surface area contributed by atoms with Crippen molar-refractivity contribution in [1.29, 1.82) is 0 Å². The van der Waals surface area contributed by atoms with Crippen LogP contribution in [-0.4, -0.2) is 42.5 Å². The van der Waals surface area contributed by atoms with Gasteiger partial charge in [-0.2, -0.15) is 5.10 Å². The fourth-order valence-corrected chi connectivity index (χ4v) is 1.84. The number of methoxy groups -OCH3 is 1. The van der Waals surface area contributed by atoms with Crippen LogP contribution in [0.25, 0.3) is 5.69 Å². The Bertz CT molecular complexity index is 554. The summed E-state index contributed by atoms with van der Waals surface area (Å²) in [6.07, 6.45) is 1.91. The predicted molar refractivity (Wildman–Crippen MR) is 80.2 cm³/mol. The summed E-state index contributed by atoms with van der Waals surface area (Å²) >= 11 is 0. The van der Waals surface area contributed by atoms with E-state index in [0.29, 0.717) is 19.7 Å². The molecule has 2 N–H and O–H groups in total. The van der Waals surface area contributed by atoms with Crippen LogP contribution in [0.5, 0.6) is 0 Å². The van der Waals surface area contributed by atoms with Crippen LogP contribution in [0.3, 0.4) is 0 Å². The summed E-state index contributed by atoms with van der Waals surface area (Å²) in [7, 11) is 1.60. The highest BCUT2D eigenvalue weighted by Crippen LogP contribution is 2.06. The molecule has 0 fully saturated rings. The van der Waals surface area contributed by atoms with Crippen molar-refractivity contribution in [3.63, 3.8) is 0 Å². The lowest BCUT2D eigenvalue weighted by molar-refractivity contribution is -0.120. The van der Waals surface area contributed by atoms with Crippen LogP contribution in [0.4, 0.5) is 0 Å². The minimum absolute atomic E-state index is 0.0467. The van der Waals surface area contributed by atoms with Crippen LogP contribution in [0.15, 0.2) is 42.6 Å². The van der Waals surface area contributed by atoms with E-state index in [0.717, 1.165) is 11.4 Å². The summed E-state index contributed by atoms with van der Waals surface area (Å²) in [4.78, 5) is 11.5. The Hall–Kier alpha value is -2.18. The van der Waals surface area contributed by atoms with E-state index < -0.39 is 0 Å². The van der Waals surface area contributed by atoms with Gasteiger partial charge in [-0.3, -0.25) is 4.79 Å². The molecule has 21 heavy (non-hydrogen) atoms. The van der Waals surface area contributed by atoms with E-state index in [-0.39, 0.29) is 12.5 Å². The maximum atomic E-state index is 11.5. The van der Waals surface area contributed by atoms with Crippen LogP contribution in [0, 0.1) is 0 Å². The topological polar surface area (TPSA) is 68.2 Å². The predicted octanol–water partition coefficient (Wildman–Crippen LogP) is 0.725. The van der Waals surface area contributed by atoms with Crippen molar-refractivity contribution in [2.45, 2.75) is 6.54 Å². The van der Waals surface area contributed by atoms with E-state index in [2.05, 4.69) is 15.7 Å². The maximum absolute atomic E-state index is 11.5. The fraction of sp³-hybridized carbons (Fsp3) is 0.333. The number of rotatable bonds is 8. The van der Waals surface area contributed by atoms with Gasteiger partial charge < -0.3 is 15.4 Å². The Kier molecular flexibility index (Phi) is 5.93. The standard InChI is InChI=1S/C15H20N4O2/c1-21-10-8-17-15(20)12-16-11-13-7-9-19(18-13)14-5-3-2-4-6-14/h2-7,9,16H,8,10-12H2,1H3,(H,17,20). The summed E-state index contributed by atoms with van der Waals surface area (Å²) in [6, 6.07) is 11.8. The largest absolute Gasteiger partial charge is 0.383 e. The van der Waals surface area contributed by atoms with E-state index in [1.54, 1.807) is 7.11 Å². The Morgan fingerprint density at radius 3 is 2.86 bits per heavy atom. The molecule has 0 aliphatic carbocycles. The normalized spacial score (nSPS) is 10.5. The molecule has 1 aromatic carbocycles. The lowest BCUT2D eigenvalue weighted by Crippen LogP contribution is -2.35. The van der Waals surface area contributed by atoms with Gasteiger partial charge in [0.25, 0.3) is 0 Å². The second-order valence-corrected chi connectivity index (χ2v) is 4.53. The Morgan fingerprint density at radius 2 is 2.10 bits per heavy atom. The van der Waals surface area contributed by atoms with Crippen molar-refractivity contribution in [2.24, 2.45) is 0 Å². The third-order valence-electron chi connectivity index (χ3n) is 2.89. The summed E-state index contributed by atoms with van der Waals surface area (Å²) in [6.45, 7) is 1.87. The lowest BCUT2D eigenvalue weighted by atomic mass is 10.3. The van der Waals surface area contributed by atoms with Gasteiger partial charge in [-0.05, 0) is 18.2 Å². The molecule has 6 heteroatoms. The van der Waals surface area contributed by atoms with Crippen LogP contribution in [0.1, 0.15) is 5.69 Å². The minimum atomic E-state index is -0.0467. The van der Waals surface area contributed by atoms with E-state index in [1.807, 2.05) is 47.3 Å². The van der Waals surface area contributed by atoms with Crippen molar-refractivity contribution in [3.8, 4) is 5.69 Å². The second-order valence-electron chi connectivity index (χ2n) is 4.53. The number of para-hydroxylation sites is 1. The average molecular weight is 288 g/mol. The SMILES string of the molecule is COCCNC(=O)CNCc1ccn(-c2ccccc2)n1. The average Bonchev–Trinajstić information content (AvgIpc) is 2.97. The van der Waals surface area contributed by atoms with Crippen molar-refractivity contribution in [2.75, 3.05) is 26.8 Å². The van der Waals surface area contributed by atoms with E-state index >= 15 is 0 Å². The molecule has 112 valence electrons. The zero-order chi connectivity index (χ0) is 14.9. The number of hydrogen-bond donors (Lipinski definition) is 2. The molecule has 6 nitrogen and oxygen atoms in total. The van der Waals surface area contributed by atoms with Gasteiger partial charge in [-0.15, -0.1) is 0 Å². The number of benzene rings is 1. The van der Waals surface area contributed by atoms with Gasteiger partial charge in [0.15, 0.2) is 0 Å². The van der Waals surface area contributed by atoms with Crippen molar-refractivity contribution in [1.82, 2.24) is 20.4 Å². The molecule has 0 saturated carbocycles. The minimum Gasteiger partial charge on any atom is -0.383 e. The van der Waals surface area contributed by atoms with Gasteiger partial charge in [0.2, 0.25) is 5.91 Å². The van der Waals surface area contributed by atoms with Gasteiger partial charge in [0, 0.05) is 26.4 Å². The highest BCUT2D eigenvalue weighted by Gasteiger charge is 2.03. The zero-order valence-corrected chi connectivity index (χ0v) is 12.1. The fourth-order valence-electron chi connectivity index (χ4n) is 1.84. The molecule has 0 spiro atoms. The number of nitrogens with one attached hydrogen (secondary N) is 2. The Morgan fingerprint density at radius 1 is 1.29 bits per heavy atom.